The molecule has 15 heavy (non-hydrogen) atoms. The summed E-state index contributed by atoms with van der Waals surface area (Å²) in [4.78, 5) is 14.3. The zero-order chi connectivity index (χ0) is 11.7. The maximum atomic E-state index is 11.6. The van der Waals surface area contributed by atoms with Gasteiger partial charge in [-0.1, -0.05) is 25.4 Å². The second-order valence-corrected chi connectivity index (χ2v) is 3.85. The third kappa shape index (κ3) is 6.10. The molecule has 0 rings (SSSR count). The highest BCUT2D eigenvalue weighted by molar-refractivity contribution is 5.85. The topological polar surface area (TPSA) is 77.9 Å². The standard InChI is InChI=1S/C10H20N4O/c1-8(2)10(15)9(12-3)6-4-5-7-13-14-11/h8-9,12H,4-7H2,1-3H3/t9-/m0/s1. The Hall–Kier alpha value is -1.06. The van der Waals surface area contributed by atoms with Crippen LogP contribution in [0, 0.1) is 5.92 Å². The van der Waals surface area contributed by atoms with Gasteiger partial charge in [0.15, 0.2) is 5.78 Å². The maximum Gasteiger partial charge on any atom is 0.152 e. The van der Waals surface area contributed by atoms with E-state index in [2.05, 4.69) is 15.3 Å². The van der Waals surface area contributed by atoms with Crippen molar-refractivity contribution in [3.63, 3.8) is 0 Å². The highest BCUT2D eigenvalue weighted by Crippen LogP contribution is 2.07. The Bertz CT molecular complexity index is 234. The van der Waals surface area contributed by atoms with Crippen molar-refractivity contribution in [1.82, 2.24) is 5.32 Å². The number of ketones is 1. The Morgan fingerprint density at radius 1 is 1.47 bits per heavy atom. The molecule has 0 aromatic rings. The molecule has 5 nitrogen and oxygen atoms in total. The van der Waals surface area contributed by atoms with E-state index in [1.54, 1.807) is 7.05 Å². The molecule has 0 bridgehead atoms. The number of azide groups is 1. The van der Waals surface area contributed by atoms with Gasteiger partial charge >= 0.3 is 0 Å². The molecule has 0 radical (unpaired) electrons. The van der Waals surface area contributed by atoms with Crippen LogP contribution in [0.25, 0.3) is 10.4 Å². The van der Waals surface area contributed by atoms with Gasteiger partial charge in [-0.2, -0.15) is 0 Å². The van der Waals surface area contributed by atoms with E-state index in [1.165, 1.54) is 0 Å². The number of Topliss-reactive ketones (excluding diaryl/α,β-unsaturated/α-hetero) is 1. The van der Waals surface area contributed by atoms with Crippen molar-refractivity contribution in [1.29, 1.82) is 0 Å². The van der Waals surface area contributed by atoms with Crippen LogP contribution in [-0.2, 0) is 4.79 Å². The highest BCUT2D eigenvalue weighted by atomic mass is 16.1. The van der Waals surface area contributed by atoms with Crippen molar-refractivity contribution in [2.45, 2.75) is 39.2 Å². The van der Waals surface area contributed by atoms with E-state index in [-0.39, 0.29) is 17.7 Å². The van der Waals surface area contributed by atoms with Gasteiger partial charge in [-0.3, -0.25) is 4.79 Å². The number of unbranched alkanes of at least 4 members (excludes halogenated alkanes) is 1. The van der Waals surface area contributed by atoms with Gasteiger partial charge in [0.25, 0.3) is 0 Å². The van der Waals surface area contributed by atoms with E-state index in [4.69, 9.17) is 5.53 Å². The van der Waals surface area contributed by atoms with Crippen LogP contribution in [0.3, 0.4) is 0 Å². The first-order chi connectivity index (χ1) is 7.13. The first kappa shape index (κ1) is 13.9. The van der Waals surface area contributed by atoms with Gasteiger partial charge in [-0.25, -0.2) is 0 Å². The molecule has 0 aliphatic carbocycles. The minimum Gasteiger partial charge on any atom is -0.311 e. The lowest BCUT2D eigenvalue weighted by atomic mass is 9.97. The molecule has 0 aromatic carbocycles. The monoisotopic (exact) mass is 212 g/mol. The Morgan fingerprint density at radius 2 is 2.13 bits per heavy atom. The predicted octanol–water partition coefficient (Wildman–Crippen LogP) is 2.28. The number of hydrogen-bond acceptors (Lipinski definition) is 3. The molecule has 0 aliphatic heterocycles. The lowest BCUT2D eigenvalue weighted by molar-refractivity contribution is -0.124. The number of nitrogens with one attached hydrogen (secondary N) is 1. The summed E-state index contributed by atoms with van der Waals surface area (Å²) in [7, 11) is 1.80. The summed E-state index contributed by atoms with van der Waals surface area (Å²) in [6.45, 7) is 4.34. The number of carbonyl (C=O) groups is 1. The molecule has 0 spiro atoms. The molecule has 0 unspecified atom stereocenters. The number of nitrogens with zero attached hydrogens (tertiary/aromatic N) is 3. The Balaban J connectivity index is 3.80. The van der Waals surface area contributed by atoms with Gasteiger partial charge in [-0.15, -0.1) is 0 Å². The molecule has 0 fully saturated rings. The molecule has 0 heterocycles. The van der Waals surface area contributed by atoms with Gasteiger partial charge in [0.05, 0.1) is 6.04 Å². The lowest BCUT2D eigenvalue weighted by Gasteiger charge is -2.16. The van der Waals surface area contributed by atoms with Gasteiger partial charge in [0, 0.05) is 17.4 Å². The molecule has 5 heteroatoms. The summed E-state index contributed by atoms with van der Waals surface area (Å²) in [5.41, 5.74) is 8.07. The zero-order valence-electron chi connectivity index (χ0n) is 9.73. The molecule has 86 valence electrons. The van der Waals surface area contributed by atoms with Crippen molar-refractivity contribution in [2.24, 2.45) is 11.0 Å². The summed E-state index contributed by atoms with van der Waals surface area (Å²) in [6.07, 6.45) is 2.56. The number of hydrogen-bond donors (Lipinski definition) is 1. The number of carbonyl (C=O) groups excluding carboxylic acids is 1. The van der Waals surface area contributed by atoms with Crippen molar-refractivity contribution >= 4 is 5.78 Å². The summed E-state index contributed by atoms with van der Waals surface area (Å²) < 4.78 is 0. The van der Waals surface area contributed by atoms with Crippen LogP contribution in [0.15, 0.2) is 5.11 Å². The molecular formula is C10H20N4O. The van der Waals surface area contributed by atoms with Crippen LogP contribution in [0.5, 0.6) is 0 Å². The average Bonchev–Trinajstić information content (AvgIpc) is 2.22. The van der Waals surface area contributed by atoms with Crippen LogP contribution >= 0.6 is 0 Å². The van der Waals surface area contributed by atoms with Crippen LogP contribution < -0.4 is 5.32 Å². The van der Waals surface area contributed by atoms with Crippen molar-refractivity contribution in [3.8, 4) is 0 Å². The maximum absolute atomic E-state index is 11.6. The zero-order valence-corrected chi connectivity index (χ0v) is 9.73. The van der Waals surface area contributed by atoms with E-state index in [0.717, 1.165) is 19.3 Å². The van der Waals surface area contributed by atoms with Gasteiger partial charge in [0.2, 0.25) is 0 Å². The fraction of sp³-hybridized carbons (Fsp3) is 0.900. The van der Waals surface area contributed by atoms with E-state index in [9.17, 15) is 4.79 Å². The lowest BCUT2D eigenvalue weighted by Crippen LogP contribution is -2.36. The second-order valence-electron chi connectivity index (χ2n) is 3.85. The van der Waals surface area contributed by atoms with Crippen molar-refractivity contribution in [2.75, 3.05) is 13.6 Å². The number of likely N-dealkylation sites (N-methyl/N-ethyl adjacent to an activating group) is 1. The third-order valence-electron chi connectivity index (χ3n) is 2.33. The summed E-state index contributed by atoms with van der Waals surface area (Å²) in [5, 5.41) is 6.47. The molecule has 0 amide bonds. The van der Waals surface area contributed by atoms with E-state index >= 15 is 0 Å². The molecule has 0 saturated heterocycles. The van der Waals surface area contributed by atoms with Crippen LogP contribution in [-0.4, -0.2) is 25.4 Å². The van der Waals surface area contributed by atoms with Gasteiger partial charge < -0.3 is 5.32 Å². The molecule has 0 aliphatic rings. The Kier molecular flexibility index (Phi) is 7.68. The van der Waals surface area contributed by atoms with E-state index < -0.39 is 0 Å². The first-order valence-electron chi connectivity index (χ1n) is 5.35. The highest BCUT2D eigenvalue weighted by Gasteiger charge is 2.18. The third-order valence-corrected chi connectivity index (χ3v) is 2.33. The molecular weight excluding hydrogens is 192 g/mol. The first-order valence-corrected chi connectivity index (χ1v) is 5.35. The predicted molar refractivity (Wildman–Crippen MR) is 60.6 cm³/mol. The summed E-state index contributed by atoms with van der Waals surface area (Å²) >= 11 is 0. The summed E-state index contributed by atoms with van der Waals surface area (Å²) in [6, 6.07) is -0.0592. The Morgan fingerprint density at radius 3 is 2.60 bits per heavy atom. The van der Waals surface area contributed by atoms with E-state index in [0.29, 0.717) is 6.54 Å². The summed E-state index contributed by atoms with van der Waals surface area (Å²) in [5.74, 6) is 0.320. The quantitative estimate of drug-likeness (QED) is 0.290. The fourth-order valence-electron chi connectivity index (χ4n) is 1.41. The molecule has 0 aromatic heterocycles. The largest absolute Gasteiger partial charge is 0.311 e. The average molecular weight is 212 g/mol. The van der Waals surface area contributed by atoms with Crippen LogP contribution in [0.2, 0.25) is 0 Å². The van der Waals surface area contributed by atoms with Crippen molar-refractivity contribution < 1.29 is 4.79 Å². The fourth-order valence-corrected chi connectivity index (χ4v) is 1.41. The smallest absolute Gasteiger partial charge is 0.152 e. The molecule has 0 saturated carbocycles. The minimum atomic E-state index is -0.0592. The van der Waals surface area contributed by atoms with Crippen LogP contribution in [0.1, 0.15) is 33.1 Å². The van der Waals surface area contributed by atoms with Gasteiger partial charge in [0.1, 0.15) is 0 Å². The van der Waals surface area contributed by atoms with E-state index in [1.807, 2.05) is 13.8 Å². The van der Waals surface area contributed by atoms with Crippen LogP contribution in [0.4, 0.5) is 0 Å². The molecule has 1 N–H and O–H groups in total. The van der Waals surface area contributed by atoms with Crippen molar-refractivity contribution in [3.05, 3.63) is 10.4 Å². The molecule has 1 atom stereocenters. The number of rotatable bonds is 8. The van der Waals surface area contributed by atoms with Gasteiger partial charge in [-0.05, 0) is 25.4 Å². The SMILES string of the molecule is CN[C@@H](CCCCN=[N+]=[N-])C(=O)C(C)C. The second kappa shape index (κ2) is 8.26. The Labute approximate surface area is 90.9 Å². The normalized spacial score (nSPS) is 12.3. The minimum absolute atomic E-state index is 0.0592.